The van der Waals surface area contributed by atoms with Crippen LogP contribution in [0.2, 0.25) is 5.02 Å². The lowest BCUT2D eigenvalue weighted by Gasteiger charge is -2.11. The van der Waals surface area contributed by atoms with Crippen molar-refractivity contribution in [1.82, 2.24) is 0 Å². The number of rotatable bonds is 5. The van der Waals surface area contributed by atoms with E-state index in [0.29, 0.717) is 10.6 Å². The van der Waals surface area contributed by atoms with Crippen molar-refractivity contribution in [2.75, 3.05) is 5.32 Å². The van der Waals surface area contributed by atoms with E-state index in [-0.39, 0.29) is 16.7 Å². The number of thiophene rings is 1. The first kappa shape index (κ1) is 21.5. The Kier molecular flexibility index (Phi) is 7.09. The first-order chi connectivity index (χ1) is 13.9. The molecule has 1 aromatic carbocycles. The molecule has 0 bridgehead atoms. The third-order valence-corrected chi connectivity index (χ3v) is 6.14. The highest BCUT2D eigenvalue weighted by atomic mass is 35.5. The van der Waals surface area contributed by atoms with Crippen molar-refractivity contribution < 1.29 is 18.7 Å². The molecule has 3 rings (SSSR count). The molecule has 0 radical (unpaired) electrons. The summed E-state index contributed by atoms with van der Waals surface area (Å²) in [4.78, 5) is 26.3. The molecule has 1 heterocycles. The molecule has 7 heteroatoms. The van der Waals surface area contributed by atoms with E-state index in [1.165, 1.54) is 35.6 Å². The molecule has 0 atom stereocenters. The second-order valence-corrected chi connectivity index (χ2v) is 8.69. The van der Waals surface area contributed by atoms with Crippen LogP contribution in [0, 0.1) is 5.82 Å². The zero-order chi connectivity index (χ0) is 21.0. The smallest absolute Gasteiger partial charge is 0.341 e. The van der Waals surface area contributed by atoms with E-state index >= 15 is 0 Å². The number of nitrogens with one attached hydrogen (secondary N) is 1. The van der Waals surface area contributed by atoms with Crippen LogP contribution in [0.3, 0.4) is 0 Å². The average molecular weight is 436 g/mol. The number of carbonyl (C=O) groups excluding carboxylic acids is 2. The van der Waals surface area contributed by atoms with Gasteiger partial charge in [0, 0.05) is 16.5 Å². The molecule has 0 fully saturated rings. The Morgan fingerprint density at radius 2 is 2.00 bits per heavy atom. The Hall–Kier alpha value is -2.18. The van der Waals surface area contributed by atoms with Gasteiger partial charge in [-0.1, -0.05) is 24.1 Å². The Bertz CT molecular complexity index is 932. The van der Waals surface area contributed by atoms with E-state index in [1.807, 2.05) is 0 Å². The van der Waals surface area contributed by atoms with Crippen molar-refractivity contribution in [2.24, 2.45) is 0 Å². The molecule has 0 spiro atoms. The van der Waals surface area contributed by atoms with Crippen LogP contribution >= 0.6 is 22.9 Å². The minimum absolute atomic E-state index is 0.144. The third-order valence-electron chi connectivity index (χ3n) is 4.61. The lowest BCUT2D eigenvalue weighted by atomic mass is 10.1. The molecule has 1 aliphatic carbocycles. The predicted molar refractivity (Wildman–Crippen MR) is 115 cm³/mol. The van der Waals surface area contributed by atoms with Crippen molar-refractivity contribution in [1.29, 1.82) is 0 Å². The van der Waals surface area contributed by atoms with Crippen LogP contribution in [0.4, 0.5) is 9.39 Å². The SMILES string of the molecule is CC(C)OC(=O)c1c(NC(=O)/C=C/c2c(F)cccc2Cl)sc2c1CCCCC2. The van der Waals surface area contributed by atoms with Crippen LogP contribution in [-0.2, 0) is 22.4 Å². The lowest BCUT2D eigenvalue weighted by molar-refractivity contribution is -0.111. The Labute approximate surface area is 178 Å². The fraction of sp³-hybridized carbons (Fsp3) is 0.364. The zero-order valence-electron chi connectivity index (χ0n) is 16.4. The molecule has 1 aliphatic rings. The summed E-state index contributed by atoms with van der Waals surface area (Å²) in [5, 5.41) is 3.48. The number of hydrogen-bond acceptors (Lipinski definition) is 4. The van der Waals surface area contributed by atoms with Crippen molar-refractivity contribution in [3.8, 4) is 0 Å². The molecule has 154 valence electrons. The topological polar surface area (TPSA) is 55.4 Å². The highest BCUT2D eigenvalue weighted by Gasteiger charge is 2.27. The molecule has 0 aliphatic heterocycles. The Morgan fingerprint density at radius 3 is 2.72 bits per heavy atom. The number of halogens is 2. The van der Waals surface area contributed by atoms with E-state index in [4.69, 9.17) is 16.3 Å². The minimum Gasteiger partial charge on any atom is -0.459 e. The molecule has 29 heavy (non-hydrogen) atoms. The van der Waals surface area contributed by atoms with Gasteiger partial charge in [0.05, 0.1) is 16.7 Å². The maximum Gasteiger partial charge on any atom is 0.341 e. The first-order valence-corrected chi connectivity index (χ1v) is 10.8. The molecule has 1 aromatic heterocycles. The van der Waals surface area contributed by atoms with E-state index in [1.54, 1.807) is 19.9 Å². The number of benzene rings is 1. The van der Waals surface area contributed by atoms with Crippen molar-refractivity contribution in [2.45, 2.75) is 52.1 Å². The van der Waals surface area contributed by atoms with Crippen LogP contribution in [0.5, 0.6) is 0 Å². The van der Waals surface area contributed by atoms with Crippen LogP contribution in [0.15, 0.2) is 24.3 Å². The van der Waals surface area contributed by atoms with E-state index in [2.05, 4.69) is 5.32 Å². The van der Waals surface area contributed by atoms with Crippen LogP contribution in [0.1, 0.15) is 59.5 Å². The molecule has 0 saturated carbocycles. The third kappa shape index (κ3) is 5.25. The number of fused-ring (bicyclic) bond motifs is 1. The summed E-state index contributed by atoms with van der Waals surface area (Å²) in [5.74, 6) is -1.39. The normalized spacial score (nSPS) is 14.0. The summed E-state index contributed by atoms with van der Waals surface area (Å²) in [6, 6.07) is 4.33. The number of carbonyl (C=O) groups is 2. The molecule has 1 N–H and O–H groups in total. The summed E-state index contributed by atoms with van der Waals surface area (Å²) in [5.41, 5.74) is 1.58. The van der Waals surface area contributed by atoms with Gasteiger partial charge in [0.25, 0.3) is 0 Å². The first-order valence-electron chi connectivity index (χ1n) is 9.65. The summed E-state index contributed by atoms with van der Waals surface area (Å²) < 4.78 is 19.3. The van der Waals surface area contributed by atoms with Crippen LogP contribution in [-0.4, -0.2) is 18.0 Å². The van der Waals surface area contributed by atoms with E-state index in [0.717, 1.165) is 42.5 Å². The number of hydrogen-bond donors (Lipinski definition) is 1. The van der Waals surface area contributed by atoms with Gasteiger partial charge in [-0.2, -0.15) is 0 Å². The molecular formula is C22H23ClFNO3S. The van der Waals surface area contributed by atoms with Crippen molar-refractivity contribution in [3.05, 3.63) is 56.7 Å². The molecule has 0 unspecified atom stereocenters. The lowest BCUT2D eigenvalue weighted by Crippen LogP contribution is -2.16. The molecule has 1 amide bonds. The Morgan fingerprint density at radius 1 is 1.24 bits per heavy atom. The van der Waals surface area contributed by atoms with Gasteiger partial charge in [-0.05, 0) is 63.3 Å². The van der Waals surface area contributed by atoms with Gasteiger partial charge in [0.1, 0.15) is 10.8 Å². The molecule has 0 saturated heterocycles. The van der Waals surface area contributed by atoms with Gasteiger partial charge in [-0.3, -0.25) is 4.79 Å². The van der Waals surface area contributed by atoms with Gasteiger partial charge in [0.15, 0.2) is 0 Å². The summed E-state index contributed by atoms with van der Waals surface area (Å²) in [7, 11) is 0. The quantitative estimate of drug-likeness (QED) is 0.354. The molecular weight excluding hydrogens is 413 g/mol. The molecule has 4 nitrogen and oxygen atoms in total. The maximum atomic E-state index is 13.9. The highest BCUT2D eigenvalue weighted by molar-refractivity contribution is 7.17. The standard InChI is InChI=1S/C22H23ClFNO3S/c1-13(2)28-22(27)20-15-7-4-3-5-10-18(15)29-21(20)25-19(26)12-11-14-16(23)8-6-9-17(14)24/h6,8-9,11-13H,3-5,7,10H2,1-2H3,(H,25,26)/b12-11+. The number of esters is 1. The molecule has 2 aromatic rings. The number of aryl methyl sites for hydroxylation is 1. The van der Waals surface area contributed by atoms with Gasteiger partial charge < -0.3 is 10.1 Å². The summed E-state index contributed by atoms with van der Waals surface area (Å²) in [6.07, 6.45) is 7.16. The Balaban J connectivity index is 1.87. The van der Waals surface area contributed by atoms with Crippen LogP contribution < -0.4 is 5.32 Å². The zero-order valence-corrected chi connectivity index (χ0v) is 18.0. The largest absolute Gasteiger partial charge is 0.459 e. The van der Waals surface area contributed by atoms with Gasteiger partial charge in [-0.15, -0.1) is 11.3 Å². The predicted octanol–water partition coefficient (Wildman–Crippen LogP) is 6.03. The summed E-state index contributed by atoms with van der Waals surface area (Å²) >= 11 is 7.41. The van der Waals surface area contributed by atoms with Gasteiger partial charge in [-0.25, -0.2) is 9.18 Å². The fourth-order valence-electron chi connectivity index (χ4n) is 3.30. The van der Waals surface area contributed by atoms with E-state index < -0.39 is 17.7 Å². The fourth-order valence-corrected chi connectivity index (χ4v) is 4.81. The van der Waals surface area contributed by atoms with Crippen molar-refractivity contribution in [3.63, 3.8) is 0 Å². The minimum atomic E-state index is -0.509. The number of ether oxygens (including phenoxy) is 1. The second kappa shape index (κ2) is 9.55. The average Bonchev–Trinajstić information content (AvgIpc) is 2.81. The van der Waals surface area contributed by atoms with Crippen molar-refractivity contribution >= 4 is 45.9 Å². The monoisotopic (exact) mass is 435 g/mol. The summed E-state index contributed by atoms with van der Waals surface area (Å²) in [6.45, 7) is 3.59. The van der Waals surface area contributed by atoms with Crippen LogP contribution in [0.25, 0.3) is 6.08 Å². The maximum absolute atomic E-state index is 13.9. The van der Waals surface area contributed by atoms with Gasteiger partial charge >= 0.3 is 5.97 Å². The van der Waals surface area contributed by atoms with E-state index in [9.17, 15) is 14.0 Å². The number of amides is 1. The number of anilines is 1. The second-order valence-electron chi connectivity index (χ2n) is 7.18. The highest BCUT2D eigenvalue weighted by Crippen LogP contribution is 2.38. The van der Waals surface area contributed by atoms with Gasteiger partial charge in [0.2, 0.25) is 5.91 Å².